The number of thiazole rings is 1. The highest BCUT2D eigenvalue weighted by atomic mass is 32.2. The van der Waals surface area contributed by atoms with E-state index >= 15 is 0 Å². The molecule has 0 saturated carbocycles. The number of fused-ring (bicyclic) bond motifs is 2. The first kappa shape index (κ1) is 23.5. The Morgan fingerprint density at radius 1 is 1.00 bits per heavy atom. The molecule has 1 heterocycles. The van der Waals surface area contributed by atoms with Gasteiger partial charge >= 0.3 is 0 Å². The minimum absolute atomic E-state index is 0.0109. The van der Waals surface area contributed by atoms with Crippen molar-refractivity contribution in [3.05, 3.63) is 101 Å². The van der Waals surface area contributed by atoms with Crippen molar-refractivity contribution < 1.29 is 13.2 Å². The average molecular weight is 516 g/mol. The first-order valence-electron chi connectivity index (χ1n) is 10.9. The van der Waals surface area contributed by atoms with E-state index in [2.05, 4.69) is 15.0 Å². The number of sulfonamides is 1. The fraction of sp³-hybridized carbons (Fsp3) is 0.0385. The zero-order chi connectivity index (χ0) is 25.3. The molecular weight excluding hydrogens is 494 g/mol. The van der Waals surface area contributed by atoms with E-state index in [1.165, 1.54) is 17.4 Å². The van der Waals surface area contributed by atoms with E-state index in [0.29, 0.717) is 34.3 Å². The fourth-order valence-electron chi connectivity index (χ4n) is 3.91. The quantitative estimate of drug-likeness (QED) is 0.187. The van der Waals surface area contributed by atoms with Gasteiger partial charge in [-0.25, -0.2) is 13.4 Å². The molecule has 5 aromatic rings. The number of benzene rings is 4. The molecule has 0 fully saturated rings. The van der Waals surface area contributed by atoms with Gasteiger partial charge in [-0.2, -0.15) is 0 Å². The Morgan fingerprint density at radius 2 is 1.78 bits per heavy atom. The van der Waals surface area contributed by atoms with E-state index in [0.717, 1.165) is 15.6 Å². The summed E-state index contributed by atoms with van der Waals surface area (Å²) in [5.74, 6) is -0.261. The molecule has 0 aliphatic heterocycles. The van der Waals surface area contributed by atoms with E-state index in [1.54, 1.807) is 54.0 Å². The lowest BCUT2D eigenvalue weighted by Gasteiger charge is -2.12. The SMILES string of the molecule is N=C(N)c1ccc(CNC(=O)c2cccc3cc(NS(=O)(=O)c4cccc5scnc45)ccc23)cc1. The van der Waals surface area contributed by atoms with Crippen LogP contribution in [0.15, 0.2) is 89.3 Å². The number of amidine groups is 1. The van der Waals surface area contributed by atoms with Gasteiger partial charge in [-0.05, 0) is 46.7 Å². The number of nitrogens with one attached hydrogen (secondary N) is 3. The number of anilines is 1. The summed E-state index contributed by atoms with van der Waals surface area (Å²) in [5.41, 5.74) is 9.90. The Labute approximate surface area is 211 Å². The third kappa shape index (κ3) is 4.64. The molecule has 0 aliphatic rings. The van der Waals surface area contributed by atoms with E-state index < -0.39 is 10.0 Å². The number of rotatable bonds is 7. The van der Waals surface area contributed by atoms with Gasteiger partial charge in [0, 0.05) is 23.4 Å². The molecule has 1 amide bonds. The van der Waals surface area contributed by atoms with Gasteiger partial charge in [0.2, 0.25) is 0 Å². The number of nitrogens with two attached hydrogens (primary N) is 1. The van der Waals surface area contributed by atoms with E-state index in [1.807, 2.05) is 24.3 Å². The molecule has 10 heteroatoms. The van der Waals surface area contributed by atoms with Crippen LogP contribution >= 0.6 is 11.3 Å². The van der Waals surface area contributed by atoms with Crippen molar-refractivity contribution in [2.45, 2.75) is 11.4 Å². The van der Waals surface area contributed by atoms with Gasteiger partial charge in [-0.15, -0.1) is 11.3 Å². The number of hydrogen-bond donors (Lipinski definition) is 4. The van der Waals surface area contributed by atoms with E-state index in [-0.39, 0.29) is 16.6 Å². The van der Waals surface area contributed by atoms with Gasteiger partial charge < -0.3 is 11.1 Å². The van der Waals surface area contributed by atoms with Gasteiger partial charge in [-0.1, -0.05) is 48.5 Å². The third-order valence-electron chi connectivity index (χ3n) is 5.71. The van der Waals surface area contributed by atoms with Crippen molar-refractivity contribution in [1.82, 2.24) is 10.3 Å². The predicted octanol–water partition coefficient (Wildman–Crippen LogP) is 4.46. The number of carbonyl (C=O) groups excluding carboxylic acids is 1. The van der Waals surface area contributed by atoms with Crippen LogP contribution in [-0.2, 0) is 16.6 Å². The smallest absolute Gasteiger partial charge is 0.264 e. The number of nitrogen functional groups attached to an aromatic ring is 1. The van der Waals surface area contributed by atoms with Gasteiger partial charge in [0.15, 0.2) is 0 Å². The van der Waals surface area contributed by atoms with Crippen LogP contribution in [-0.4, -0.2) is 25.1 Å². The highest BCUT2D eigenvalue weighted by Gasteiger charge is 2.19. The van der Waals surface area contributed by atoms with E-state index in [4.69, 9.17) is 11.1 Å². The molecule has 0 atom stereocenters. The average Bonchev–Trinajstić information content (AvgIpc) is 3.36. The van der Waals surface area contributed by atoms with Crippen LogP contribution in [0.1, 0.15) is 21.5 Å². The van der Waals surface area contributed by atoms with Crippen molar-refractivity contribution in [3.8, 4) is 0 Å². The second-order valence-corrected chi connectivity index (χ2v) is 10.6. The molecule has 36 heavy (non-hydrogen) atoms. The van der Waals surface area contributed by atoms with E-state index in [9.17, 15) is 13.2 Å². The standard InChI is InChI=1S/C26H21N5O3S2/c27-25(28)17-9-7-16(8-10-17)14-29-26(32)21-4-1-3-18-13-19(11-12-20(18)21)31-36(33,34)23-6-2-5-22-24(23)30-15-35-22/h1-13,15,31H,14H2,(H3,27,28)(H,29,32). The number of aromatic nitrogens is 1. The molecule has 8 nitrogen and oxygen atoms in total. The van der Waals surface area contributed by atoms with Gasteiger partial charge in [-0.3, -0.25) is 14.9 Å². The second kappa shape index (κ2) is 9.40. The zero-order valence-corrected chi connectivity index (χ0v) is 20.5. The molecule has 5 rings (SSSR count). The number of carbonyl (C=O) groups is 1. The first-order valence-corrected chi connectivity index (χ1v) is 13.3. The Bertz CT molecular complexity index is 1730. The molecule has 4 aromatic carbocycles. The second-order valence-electron chi connectivity index (χ2n) is 8.10. The maximum Gasteiger partial charge on any atom is 0.264 e. The number of nitrogens with zero attached hydrogens (tertiary/aromatic N) is 1. The van der Waals surface area contributed by atoms with Crippen molar-refractivity contribution in [2.24, 2.45) is 5.73 Å². The Balaban J connectivity index is 1.36. The fourth-order valence-corrected chi connectivity index (χ4v) is 5.90. The lowest BCUT2D eigenvalue weighted by Crippen LogP contribution is -2.23. The summed E-state index contributed by atoms with van der Waals surface area (Å²) in [6.45, 7) is 0.313. The maximum atomic E-state index is 13.1. The number of amides is 1. The molecule has 0 saturated heterocycles. The zero-order valence-electron chi connectivity index (χ0n) is 18.9. The topological polar surface area (TPSA) is 138 Å². The summed E-state index contributed by atoms with van der Waals surface area (Å²) >= 11 is 1.38. The molecule has 0 radical (unpaired) electrons. The molecular formula is C26H21N5O3S2. The van der Waals surface area contributed by atoms with Gasteiger partial charge in [0.05, 0.1) is 10.2 Å². The van der Waals surface area contributed by atoms with Crippen LogP contribution in [0, 0.1) is 5.41 Å². The molecule has 180 valence electrons. The van der Waals surface area contributed by atoms with Gasteiger partial charge in [0.1, 0.15) is 16.2 Å². The summed E-state index contributed by atoms with van der Waals surface area (Å²) in [6.07, 6.45) is 0. The van der Waals surface area contributed by atoms with Crippen LogP contribution in [0.4, 0.5) is 5.69 Å². The van der Waals surface area contributed by atoms with Crippen molar-refractivity contribution >= 4 is 59.8 Å². The molecule has 0 unspecified atom stereocenters. The highest BCUT2D eigenvalue weighted by molar-refractivity contribution is 7.93. The van der Waals surface area contributed by atoms with Gasteiger partial charge in [0.25, 0.3) is 15.9 Å². The van der Waals surface area contributed by atoms with Crippen molar-refractivity contribution in [1.29, 1.82) is 5.41 Å². The summed E-state index contributed by atoms with van der Waals surface area (Å²) in [4.78, 5) is 17.2. The maximum absolute atomic E-state index is 13.1. The van der Waals surface area contributed by atoms with Crippen LogP contribution in [0.2, 0.25) is 0 Å². The monoisotopic (exact) mass is 515 g/mol. The van der Waals surface area contributed by atoms with Crippen LogP contribution < -0.4 is 15.8 Å². The van der Waals surface area contributed by atoms with Crippen LogP contribution in [0.5, 0.6) is 0 Å². The number of para-hydroxylation sites is 1. The summed E-state index contributed by atoms with van der Waals surface area (Å²) in [5, 5.41) is 11.8. The molecule has 0 bridgehead atoms. The minimum Gasteiger partial charge on any atom is -0.384 e. The van der Waals surface area contributed by atoms with Crippen LogP contribution in [0.3, 0.4) is 0 Å². The largest absolute Gasteiger partial charge is 0.384 e. The summed E-state index contributed by atoms with van der Waals surface area (Å²) in [7, 11) is -3.86. The minimum atomic E-state index is -3.86. The van der Waals surface area contributed by atoms with Crippen molar-refractivity contribution in [2.75, 3.05) is 4.72 Å². The Hall–Kier alpha value is -4.28. The molecule has 0 aliphatic carbocycles. The Kier molecular flexibility index (Phi) is 6.13. The highest BCUT2D eigenvalue weighted by Crippen LogP contribution is 2.28. The molecule has 0 spiro atoms. The lowest BCUT2D eigenvalue weighted by atomic mass is 10.0. The molecule has 1 aromatic heterocycles. The normalized spacial score (nSPS) is 11.4. The van der Waals surface area contributed by atoms with Crippen LogP contribution in [0.25, 0.3) is 21.0 Å². The summed E-state index contributed by atoms with van der Waals surface area (Å²) < 4.78 is 29.6. The molecule has 5 N–H and O–H groups in total. The summed E-state index contributed by atoms with van der Waals surface area (Å²) in [6, 6.07) is 22.5. The van der Waals surface area contributed by atoms with Crippen molar-refractivity contribution in [3.63, 3.8) is 0 Å². The third-order valence-corrected chi connectivity index (χ3v) is 7.92. The first-order chi connectivity index (χ1) is 17.3. The predicted molar refractivity (Wildman–Crippen MR) is 143 cm³/mol. The lowest BCUT2D eigenvalue weighted by molar-refractivity contribution is 0.0952. The number of hydrogen-bond acceptors (Lipinski definition) is 6. The Morgan fingerprint density at radius 3 is 2.56 bits per heavy atom.